The SMILES string of the molecule is COC(=O)CSc1nc(-c2ccc(Cl)cc2)nc(C)c1C#N. The van der Waals surface area contributed by atoms with Crippen LogP contribution < -0.4 is 0 Å². The normalized spacial score (nSPS) is 10.1. The molecule has 0 unspecified atom stereocenters. The predicted octanol–water partition coefficient (Wildman–Crippen LogP) is 3.24. The predicted molar refractivity (Wildman–Crippen MR) is 84.7 cm³/mol. The van der Waals surface area contributed by atoms with Crippen molar-refractivity contribution in [3.63, 3.8) is 0 Å². The highest BCUT2D eigenvalue weighted by Crippen LogP contribution is 2.26. The van der Waals surface area contributed by atoms with E-state index in [1.807, 2.05) is 0 Å². The number of thioether (sulfide) groups is 1. The van der Waals surface area contributed by atoms with Crippen molar-refractivity contribution in [3.8, 4) is 17.5 Å². The summed E-state index contributed by atoms with van der Waals surface area (Å²) < 4.78 is 4.60. The number of hydrogen-bond donors (Lipinski definition) is 0. The molecule has 0 aliphatic heterocycles. The van der Waals surface area contributed by atoms with Gasteiger partial charge in [0.05, 0.1) is 18.6 Å². The molecule has 5 nitrogen and oxygen atoms in total. The summed E-state index contributed by atoms with van der Waals surface area (Å²) in [6.07, 6.45) is 0. The Morgan fingerprint density at radius 1 is 1.36 bits per heavy atom. The fraction of sp³-hybridized carbons (Fsp3) is 0.200. The molecule has 2 rings (SSSR count). The first-order valence-electron chi connectivity index (χ1n) is 6.29. The zero-order chi connectivity index (χ0) is 16.1. The zero-order valence-corrected chi connectivity index (χ0v) is 13.5. The molecule has 0 aliphatic rings. The maximum atomic E-state index is 11.3. The molecule has 0 N–H and O–H groups in total. The van der Waals surface area contributed by atoms with Gasteiger partial charge >= 0.3 is 5.97 Å². The van der Waals surface area contributed by atoms with Gasteiger partial charge in [-0.25, -0.2) is 9.97 Å². The van der Waals surface area contributed by atoms with E-state index in [0.717, 1.165) is 17.3 Å². The second-order valence-corrected chi connectivity index (χ2v) is 5.70. The molecular formula is C15H12ClN3O2S. The molecule has 0 aliphatic carbocycles. The molecule has 0 spiro atoms. The Bertz CT molecular complexity index is 742. The third-order valence-electron chi connectivity index (χ3n) is 2.83. The van der Waals surface area contributed by atoms with Gasteiger partial charge in [0.25, 0.3) is 0 Å². The molecule has 0 fully saturated rings. The van der Waals surface area contributed by atoms with Crippen LogP contribution in [0.5, 0.6) is 0 Å². The number of ether oxygens (including phenoxy) is 1. The van der Waals surface area contributed by atoms with Crippen molar-refractivity contribution in [2.75, 3.05) is 12.9 Å². The Labute approximate surface area is 137 Å². The van der Waals surface area contributed by atoms with Crippen LogP contribution in [0.4, 0.5) is 0 Å². The lowest BCUT2D eigenvalue weighted by Crippen LogP contribution is -2.05. The van der Waals surface area contributed by atoms with Crippen molar-refractivity contribution in [2.45, 2.75) is 11.9 Å². The van der Waals surface area contributed by atoms with Gasteiger partial charge in [-0.2, -0.15) is 5.26 Å². The molecule has 1 aromatic carbocycles. The second kappa shape index (κ2) is 7.25. The van der Waals surface area contributed by atoms with E-state index >= 15 is 0 Å². The number of methoxy groups -OCH3 is 1. The van der Waals surface area contributed by atoms with E-state index in [-0.39, 0.29) is 11.7 Å². The van der Waals surface area contributed by atoms with Crippen LogP contribution in [-0.4, -0.2) is 28.8 Å². The average molecular weight is 334 g/mol. The van der Waals surface area contributed by atoms with Gasteiger partial charge in [0.1, 0.15) is 16.7 Å². The van der Waals surface area contributed by atoms with Gasteiger partial charge in [0, 0.05) is 10.6 Å². The van der Waals surface area contributed by atoms with E-state index in [0.29, 0.717) is 27.1 Å². The van der Waals surface area contributed by atoms with Crippen LogP contribution in [0.3, 0.4) is 0 Å². The van der Waals surface area contributed by atoms with E-state index in [1.54, 1.807) is 31.2 Å². The smallest absolute Gasteiger partial charge is 0.316 e. The minimum absolute atomic E-state index is 0.0850. The third-order valence-corrected chi connectivity index (χ3v) is 4.03. The number of carbonyl (C=O) groups is 1. The highest BCUT2D eigenvalue weighted by molar-refractivity contribution is 7.99. The lowest BCUT2D eigenvalue weighted by Gasteiger charge is -2.08. The second-order valence-electron chi connectivity index (χ2n) is 4.30. The molecule has 0 saturated carbocycles. The van der Waals surface area contributed by atoms with Gasteiger partial charge in [-0.1, -0.05) is 23.4 Å². The van der Waals surface area contributed by atoms with Crippen LogP contribution in [0.15, 0.2) is 29.3 Å². The fourth-order valence-electron chi connectivity index (χ4n) is 1.69. The molecule has 2 aromatic rings. The largest absolute Gasteiger partial charge is 0.468 e. The number of halogens is 1. The van der Waals surface area contributed by atoms with Crippen molar-refractivity contribution < 1.29 is 9.53 Å². The summed E-state index contributed by atoms with van der Waals surface area (Å²) in [5, 5.41) is 10.3. The quantitative estimate of drug-likeness (QED) is 0.485. The number of benzene rings is 1. The molecule has 112 valence electrons. The highest BCUT2D eigenvalue weighted by Gasteiger charge is 2.15. The standard InChI is InChI=1S/C15H12ClN3O2S/c1-9-12(7-17)15(22-8-13(20)21-2)19-14(18-9)10-3-5-11(16)6-4-10/h3-6H,8H2,1-2H3. The number of carbonyl (C=O) groups excluding carboxylic acids is 1. The van der Waals surface area contributed by atoms with Gasteiger partial charge < -0.3 is 4.74 Å². The first kappa shape index (κ1) is 16.3. The first-order valence-corrected chi connectivity index (χ1v) is 7.65. The number of aromatic nitrogens is 2. The molecule has 7 heteroatoms. The molecule has 0 saturated heterocycles. The number of hydrogen-bond acceptors (Lipinski definition) is 6. The first-order chi connectivity index (χ1) is 10.5. The number of esters is 1. The van der Waals surface area contributed by atoms with Crippen LogP contribution in [0.25, 0.3) is 11.4 Å². The number of rotatable bonds is 4. The van der Waals surface area contributed by atoms with Crippen LogP contribution in [0, 0.1) is 18.3 Å². The van der Waals surface area contributed by atoms with Crippen LogP contribution in [0.1, 0.15) is 11.3 Å². The van der Waals surface area contributed by atoms with Gasteiger partial charge in [0.2, 0.25) is 0 Å². The zero-order valence-electron chi connectivity index (χ0n) is 12.0. The topological polar surface area (TPSA) is 75.9 Å². The Balaban J connectivity index is 2.41. The van der Waals surface area contributed by atoms with Crippen LogP contribution in [-0.2, 0) is 9.53 Å². The van der Waals surface area contributed by atoms with E-state index in [4.69, 9.17) is 11.6 Å². The van der Waals surface area contributed by atoms with Crippen molar-refractivity contribution in [1.29, 1.82) is 5.26 Å². The van der Waals surface area contributed by atoms with E-state index in [1.165, 1.54) is 7.11 Å². The van der Waals surface area contributed by atoms with Gasteiger partial charge in [-0.15, -0.1) is 0 Å². The summed E-state index contributed by atoms with van der Waals surface area (Å²) in [4.78, 5) is 20.0. The van der Waals surface area contributed by atoms with Gasteiger partial charge in [-0.05, 0) is 31.2 Å². The molecule has 1 aromatic heterocycles. The lowest BCUT2D eigenvalue weighted by atomic mass is 10.2. The van der Waals surface area contributed by atoms with Gasteiger partial charge in [0.15, 0.2) is 5.82 Å². The molecule has 0 atom stereocenters. The van der Waals surface area contributed by atoms with Crippen molar-refractivity contribution in [2.24, 2.45) is 0 Å². The molecule has 22 heavy (non-hydrogen) atoms. The summed E-state index contributed by atoms with van der Waals surface area (Å²) >= 11 is 7.03. The Morgan fingerprint density at radius 3 is 2.64 bits per heavy atom. The summed E-state index contributed by atoms with van der Waals surface area (Å²) in [6, 6.07) is 9.17. The van der Waals surface area contributed by atoms with E-state index < -0.39 is 0 Å². The van der Waals surface area contributed by atoms with Crippen LogP contribution in [0.2, 0.25) is 5.02 Å². The summed E-state index contributed by atoms with van der Waals surface area (Å²) in [7, 11) is 1.32. The number of nitrogens with zero attached hydrogens (tertiary/aromatic N) is 3. The summed E-state index contributed by atoms with van der Waals surface area (Å²) in [5.74, 6) is 0.195. The molecule has 0 bridgehead atoms. The molecule has 1 heterocycles. The van der Waals surface area contributed by atoms with Crippen LogP contribution >= 0.6 is 23.4 Å². The minimum atomic E-state index is -0.377. The Morgan fingerprint density at radius 2 is 2.05 bits per heavy atom. The molecule has 0 radical (unpaired) electrons. The van der Waals surface area contributed by atoms with Crippen molar-refractivity contribution in [3.05, 3.63) is 40.5 Å². The monoisotopic (exact) mass is 333 g/mol. The maximum absolute atomic E-state index is 11.3. The van der Waals surface area contributed by atoms with E-state index in [9.17, 15) is 10.1 Å². The summed E-state index contributed by atoms with van der Waals surface area (Å²) in [5.41, 5.74) is 1.72. The molecule has 0 amide bonds. The number of nitriles is 1. The average Bonchev–Trinajstić information content (AvgIpc) is 2.52. The van der Waals surface area contributed by atoms with Crippen molar-refractivity contribution >= 4 is 29.3 Å². The fourth-order valence-corrected chi connectivity index (χ4v) is 2.68. The summed E-state index contributed by atoms with van der Waals surface area (Å²) in [6.45, 7) is 1.74. The highest BCUT2D eigenvalue weighted by atomic mass is 35.5. The van der Waals surface area contributed by atoms with Crippen molar-refractivity contribution in [1.82, 2.24) is 9.97 Å². The maximum Gasteiger partial charge on any atom is 0.316 e. The van der Waals surface area contributed by atoms with Gasteiger partial charge in [-0.3, -0.25) is 4.79 Å². The van der Waals surface area contributed by atoms with E-state index in [2.05, 4.69) is 20.8 Å². The molecular weight excluding hydrogens is 322 g/mol. The Hall–Kier alpha value is -2.10. The minimum Gasteiger partial charge on any atom is -0.468 e. The lowest BCUT2D eigenvalue weighted by molar-refractivity contribution is -0.137. The third kappa shape index (κ3) is 3.75. The Kier molecular flexibility index (Phi) is 5.36. The number of aryl methyl sites for hydroxylation is 1.